The van der Waals surface area contributed by atoms with Gasteiger partial charge in [0, 0.05) is 49.8 Å². The van der Waals surface area contributed by atoms with E-state index in [9.17, 15) is 0 Å². The van der Waals surface area contributed by atoms with Crippen LogP contribution < -0.4 is 0 Å². The highest BCUT2D eigenvalue weighted by molar-refractivity contribution is 6.13. The van der Waals surface area contributed by atoms with Gasteiger partial charge in [-0.1, -0.05) is 176 Å². The predicted octanol–water partition coefficient (Wildman–Crippen LogP) is 13.4. The van der Waals surface area contributed by atoms with Gasteiger partial charge in [-0.15, -0.1) is 0 Å². The molecule has 0 atom stereocenters. The molecule has 0 fully saturated rings. The minimum Gasteiger partial charge on any atom is -0.309 e. The lowest BCUT2D eigenvalue weighted by atomic mass is 9.99. The third-order valence-electron chi connectivity index (χ3n) is 11.1. The molecule has 61 heavy (non-hydrogen) atoms. The number of fused-ring (bicyclic) bond motifs is 3. The number of hydrogen-bond donors (Lipinski definition) is 0. The zero-order chi connectivity index (χ0) is 40.5. The SMILES string of the molecule is c1ccc(-c2cc(-c3cccc(-c4cccc(-c5nc(-c6ccccc6)nc(-c6cccc7c8ccccc8n(-c8ccccc8)c67)n5)c4)c3)nc(-c3ccccc3)n2)cc1. The molecule has 0 N–H and O–H groups in total. The lowest BCUT2D eigenvalue weighted by Crippen LogP contribution is -2.02. The molecule has 0 spiro atoms. The molecule has 0 unspecified atom stereocenters. The van der Waals surface area contributed by atoms with Crippen LogP contribution in [0.1, 0.15) is 0 Å². The summed E-state index contributed by atoms with van der Waals surface area (Å²) < 4.78 is 2.32. The predicted molar refractivity (Wildman–Crippen MR) is 248 cm³/mol. The van der Waals surface area contributed by atoms with Crippen molar-refractivity contribution >= 4 is 21.8 Å². The number of hydrogen-bond acceptors (Lipinski definition) is 5. The second-order valence-electron chi connectivity index (χ2n) is 14.9. The normalized spacial score (nSPS) is 11.3. The van der Waals surface area contributed by atoms with Crippen molar-refractivity contribution in [3.05, 3.63) is 218 Å². The van der Waals surface area contributed by atoms with Crippen molar-refractivity contribution in [1.29, 1.82) is 0 Å². The fourth-order valence-electron chi connectivity index (χ4n) is 8.15. The monoisotopic (exact) mass is 780 g/mol. The van der Waals surface area contributed by atoms with Crippen LogP contribution in [0.2, 0.25) is 0 Å². The Bertz CT molecular complexity index is 3290. The van der Waals surface area contributed by atoms with Crippen molar-refractivity contribution in [1.82, 2.24) is 29.5 Å². The molecule has 3 aromatic heterocycles. The van der Waals surface area contributed by atoms with Crippen molar-refractivity contribution in [3.63, 3.8) is 0 Å². The van der Waals surface area contributed by atoms with Gasteiger partial charge in [0.1, 0.15) is 0 Å². The van der Waals surface area contributed by atoms with Gasteiger partial charge >= 0.3 is 0 Å². The topological polar surface area (TPSA) is 69.4 Å². The van der Waals surface area contributed by atoms with Gasteiger partial charge < -0.3 is 4.57 Å². The Morgan fingerprint density at radius 1 is 0.279 bits per heavy atom. The van der Waals surface area contributed by atoms with Gasteiger partial charge in [-0.2, -0.15) is 0 Å². The summed E-state index contributed by atoms with van der Waals surface area (Å²) in [6, 6.07) is 75.1. The Hall–Kier alpha value is -8.35. The molecule has 3 heterocycles. The first-order chi connectivity index (χ1) is 30.2. The van der Waals surface area contributed by atoms with Crippen LogP contribution in [0.4, 0.5) is 0 Å². The fourth-order valence-corrected chi connectivity index (χ4v) is 8.15. The van der Waals surface area contributed by atoms with Crippen LogP contribution in [-0.4, -0.2) is 29.5 Å². The molecule has 0 aliphatic carbocycles. The highest BCUT2D eigenvalue weighted by Gasteiger charge is 2.20. The van der Waals surface area contributed by atoms with E-state index in [-0.39, 0.29) is 0 Å². The standard InChI is InChI=1S/C55H36N6/c1-5-18-37(19-6-1)48-36-49(57-52(56-48)38-20-7-2-8-21-38)42-26-15-24-40(34-42)41-25-16-27-43(35-41)54-58-53(39-22-9-3-10-23-39)59-55(60-54)47-32-17-31-46-45-30-13-14-33-50(45)61(51(46)47)44-28-11-4-12-29-44/h1-36H. The minimum absolute atomic E-state index is 0.594. The maximum Gasteiger partial charge on any atom is 0.166 e. The van der Waals surface area contributed by atoms with E-state index in [1.807, 2.05) is 72.8 Å². The molecule has 0 radical (unpaired) electrons. The molecule has 0 amide bonds. The number of aromatic nitrogens is 6. The van der Waals surface area contributed by atoms with E-state index >= 15 is 0 Å². The molecule has 0 aliphatic rings. The minimum atomic E-state index is 0.594. The van der Waals surface area contributed by atoms with Crippen LogP contribution in [0.15, 0.2) is 218 Å². The van der Waals surface area contributed by atoms with E-state index in [0.717, 1.165) is 78.0 Å². The molecule has 286 valence electrons. The summed E-state index contributed by atoms with van der Waals surface area (Å²) in [6.45, 7) is 0. The highest BCUT2D eigenvalue weighted by atomic mass is 15.0. The maximum absolute atomic E-state index is 5.28. The number of rotatable bonds is 8. The fraction of sp³-hybridized carbons (Fsp3) is 0. The van der Waals surface area contributed by atoms with E-state index in [1.54, 1.807) is 0 Å². The second kappa shape index (κ2) is 15.4. The van der Waals surface area contributed by atoms with Gasteiger partial charge in [0.25, 0.3) is 0 Å². The van der Waals surface area contributed by atoms with Crippen LogP contribution in [-0.2, 0) is 0 Å². The van der Waals surface area contributed by atoms with Crippen LogP contribution in [0.5, 0.6) is 0 Å². The van der Waals surface area contributed by atoms with Crippen molar-refractivity contribution in [3.8, 4) is 84.9 Å². The third kappa shape index (κ3) is 6.82. The van der Waals surface area contributed by atoms with Gasteiger partial charge in [0.2, 0.25) is 0 Å². The molecule has 11 rings (SSSR count). The molecule has 6 heteroatoms. The zero-order valence-electron chi connectivity index (χ0n) is 33.0. The molecule has 0 bridgehead atoms. The maximum atomic E-state index is 5.28. The van der Waals surface area contributed by atoms with Crippen molar-refractivity contribution in [2.75, 3.05) is 0 Å². The lowest BCUT2D eigenvalue weighted by molar-refractivity contribution is 1.07. The van der Waals surface area contributed by atoms with E-state index in [1.165, 1.54) is 5.39 Å². The van der Waals surface area contributed by atoms with Crippen molar-refractivity contribution < 1.29 is 0 Å². The third-order valence-corrected chi connectivity index (χ3v) is 11.1. The molecule has 0 saturated carbocycles. The Kier molecular flexibility index (Phi) is 9.06. The van der Waals surface area contributed by atoms with Crippen LogP contribution >= 0.6 is 0 Å². The van der Waals surface area contributed by atoms with Gasteiger partial charge in [-0.05, 0) is 53.6 Å². The number of benzene rings is 8. The summed E-state index contributed by atoms with van der Waals surface area (Å²) >= 11 is 0. The quantitative estimate of drug-likeness (QED) is 0.154. The van der Waals surface area contributed by atoms with E-state index < -0.39 is 0 Å². The van der Waals surface area contributed by atoms with Gasteiger partial charge in [-0.3, -0.25) is 0 Å². The summed E-state index contributed by atoms with van der Waals surface area (Å²) in [5, 5.41) is 2.31. The second-order valence-corrected chi connectivity index (χ2v) is 14.9. The Balaban J connectivity index is 1.05. The van der Waals surface area contributed by atoms with E-state index in [2.05, 4.69) is 150 Å². The Labute approximate surface area is 353 Å². The first-order valence-electron chi connectivity index (χ1n) is 20.3. The number of nitrogens with zero attached hydrogens (tertiary/aromatic N) is 6. The number of para-hydroxylation sites is 3. The molecule has 6 nitrogen and oxygen atoms in total. The molecule has 0 saturated heterocycles. The average Bonchev–Trinajstić information content (AvgIpc) is 3.69. The van der Waals surface area contributed by atoms with Crippen molar-refractivity contribution in [2.24, 2.45) is 0 Å². The Morgan fingerprint density at radius 2 is 0.721 bits per heavy atom. The molecule has 11 aromatic rings. The van der Waals surface area contributed by atoms with Crippen LogP contribution in [0.25, 0.3) is 107 Å². The molecule has 8 aromatic carbocycles. The zero-order valence-corrected chi connectivity index (χ0v) is 33.0. The largest absolute Gasteiger partial charge is 0.309 e. The van der Waals surface area contributed by atoms with Gasteiger partial charge in [0.05, 0.1) is 22.4 Å². The summed E-state index contributed by atoms with van der Waals surface area (Å²) in [5.41, 5.74) is 12.8. The highest BCUT2D eigenvalue weighted by Crippen LogP contribution is 2.38. The molecule has 0 aliphatic heterocycles. The summed E-state index contributed by atoms with van der Waals surface area (Å²) in [5.74, 6) is 2.50. The summed E-state index contributed by atoms with van der Waals surface area (Å²) in [6.07, 6.45) is 0. The van der Waals surface area contributed by atoms with Crippen LogP contribution in [0.3, 0.4) is 0 Å². The van der Waals surface area contributed by atoms with E-state index in [4.69, 9.17) is 24.9 Å². The van der Waals surface area contributed by atoms with Crippen molar-refractivity contribution in [2.45, 2.75) is 0 Å². The van der Waals surface area contributed by atoms with Crippen LogP contribution in [0, 0.1) is 0 Å². The lowest BCUT2D eigenvalue weighted by Gasteiger charge is -2.13. The molecular formula is C55H36N6. The summed E-state index contributed by atoms with van der Waals surface area (Å²) in [4.78, 5) is 25.7. The Morgan fingerprint density at radius 3 is 1.39 bits per heavy atom. The first-order valence-corrected chi connectivity index (χ1v) is 20.3. The molecular weight excluding hydrogens is 745 g/mol. The van der Waals surface area contributed by atoms with Gasteiger partial charge in [0.15, 0.2) is 23.3 Å². The average molecular weight is 781 g/mol. The first kappa shape index (κ1) is 35.8. The van der Waals surface area contributed by atoms with E-state index in [0.29, 0.717) is 23.3 Å². The van der Waals surface area contributed by atoms with Gasteiger partial charge in [-0.25, -0.2) is 24.9 Å². The summed E-state index contributed by atoms with van der Waals surface area (Å²) in [7, 11) is 0. The smallest absolute Gasteiger partial charge is 0.166 e.